The normalized spacial score (nSPS) is 12.2. The van der Waals surface area contributed by atoms with E-state index in [9.17, 15) is 8.42 Å². The van der Waals surface area contributed by atoms with Crippen molar-refractivity contribution in [1.82, 2.24) is 4.37 Å². The van der Waals surface area contributed by atoms with E-state index in [1.54, 1.807) is 6.92 Å². The second kappa shape index (κ2) is 3.26. The van der Waals surface area contributed by atoms with Crippen molar-refractivity contribution in [2.24, 2.45) is 0 Å². The monoisotopic (exact) mass is 243 g/mol. The summed E-state index contributed by atoms with van der Waals surface area (Å²) in [5, 5.41) is 0.785. The highest BCUT2D eigenvalue weighted by molar-refractivity contribution is 7.85. The molecule has 0 aliphatic heterocycles. The van der Waals surface area contributed by atoms with Crippen LogP contribution in [0.15, 0.2) is 17.0 Å². The minimum absolute atomic E-state index is 0.0733. The number of rotatable bonds is 1. The van der Waals surface area contributed by atoms with Crippen LogP contribution in [0.1, 0.15) is 10.4 Å². The molecule has 0 unspecified atom stereocenters. The van der Waals surface area contributed by atoms with Crippen molar-refractivity contribution in [2.45, 2.75) is 18.7 Å². The van der Waals surface area contributed by atoms with E-state index in [1.807, 2.05) is 6.92 Å². The van der Waals surface area contributed by atoms with E-state index in [2.05, 4.69) is 4.37 Å². The average molecular weight is 243 g/mol. The molecule has 6 heteroatoms. The van der Waals surface area contributed by atoms with Gasteiger partial charge < -0.3 is 0 Å². The van der Waals surface area contributed by atoms with Crippen molar-refractivity contribution < 1.29 is 13.0 Å². The van der Waals surface area contributed by atoms with Crippen molar-refractivity contribution in [3.05, 3.63) is 22.6 Å². The Bertz CT molecular complexity index is 628. The number of nitrogens with zero attached hydrogens (tertiary/aromatic N) is 1. The van der Waals surface area contributed by atoms with E-state index >= 15 is 0 Å². The third-order valence-electron chi connectivity index (χ3n) is 2.23. The van der Waals surface area contributed by atoms with Crippen molar-refractivity contribution in [2.75, 3.05) is 0 Å². The minimum Gasteiger partial charge on any atom is -0.282 e. The molecule has 1 aromatic heterocycles. The summed E-state index contributed by atoms with van der Waals surface area (Å²) in [4.78, 5) is 0.870. The van der Waals surface area contributed by atoms with E-state index in [0.717, 1.165) is 21.3 Å². The summed E-state index contributed by atoms with van der Waals surface area (Å²) in [6, 6.07) is 2.88. The summed E-state index contributed by atoms with van der Waals surface area (Å²) < 4.78 is 35.2. The smallest absolute Gasteiger partial charge is 0.282 e. The average Bonchev–Trinajstić information content (AvgIpc) is 2.47. The molecule has 0 amide bonds. The summed E-state index contributed by atoms with van der Waals surface area (Å²) in [6.45, 7) is 3.64. The molecule has 0 saturated heterocycles. The van der Waals surface area contributed by atoms with Crippen molar-refractivity contribution in [3.8, 4) is 0 Å². The van der Waals surface area contributed by atoms with E-state index in [4.69, 9.17) is 4.55 Å². The fourth-order valence-corrected chi connectivity index (χ4v) is 2.77. The predicted octanol–water partition coefficient (Wildman–Crippen LogP) is 2.16. The van der Waals surface area contributed by atoms with Gasteiger partial charge in [0.05, 0.1) is 10.4 Å². The first-order chi connectivity index (χ1) is 6.89. The lowest BCUT2D eigenvalue weighted by Crippen LogP contribution is -1.98. The van der Waals surface area contributed by atoms with Gasteiger partial charge in [0.2, 0.25) is 0 Å². The van der Waals surface area contributed by atoms with Gasteiger partial charge in [-0.1, -0.05) is 0 Å². The lowest BCUT2D eigenvalue weighted by atomic mass is 10.1. The van der Waals surface area contributed by atoms with Gasteiger partial charge in [0.25, 0.3) is 10.1 Å². The molecule has 1 N–H and O–H groups in total. The maximum atomic E-state index is 11.0. The zero-order valence-electron chi connectivity index (χ0n) is 8.18. The van der Waals surface area contributed by atoms with E-state index in [0.29, 0.717) is 0 Å². The summed E-state index contributed by atoms with van der Waals surface area (Å²) >= 11 is 1.32. The van der Waals surface area contributed by atoms with Crippen LogP contribution in [0.2, 0.25) is 0 Å². The van der Waals surface area contributed by atoms with Gasteiger partial charge in [-0.3, -0.25) is 4.55 Å². The Morgan fingerprint density at radius 1 is 1.33 bits per heavy atom. The first-order valence-electron chi connectivity index (χ1n) is 4.24. The van der Waals surface area contributed by atoms with Crippen LogP contribution < -0.4 is 0 Å². The Morgan fingerprint density at radius 3 is 2.60 bits per heavy atom. The highest BCUT2D eigenvalue weighted by Crippen LogP contribution is 2.27. The SMILES string of the molecule is Cc1snc2c(C)cc(S(=O)(=O)O)cc12. The summed E-state index contributed by atoms with van der Waals surface area (Å²) in [5.74, 6) is 0. The van der Waals surface area contributed by atoms with Gasteiger partial charge >= 0.3 is 0 Å². The van der Waals surface area contributed by atoms with Gasteiger partial charge in [0.1, 0.15) is 0 Å². The second-order valence-corrected chi connectivity index (χ2v) is 5.75. The fourth-order valence-electron chi connectivity index (χ4n) is 1.45. The number of aryl methyl sites for hydroxylation is 2. The van der Waals surface area contributed by atoms with Gasteiger partial charge in [0.15, 0.2) is 0 Å². The van der Waals surface area contributed by atoms with Crippen LogP contribution in [0.25, 0.3) is 10.9 Å². The van der Waals surface area contributed by atoms with Crippen LogP contribution in [0.5, 0.6) is 0 Å². The molecule has 0 fully saturated rings. The maximum absolute atomic E-state index is 11.0. The summed E-state index contributed by atoms with van der Waals surface area (Å²) in [6.07, 6.45) is 0. The molecular weight excluding hydrogens is 234 g/mol. The Hall–Kier alpha value is -0.980. The zero-order chi connectivity index (χ0) is 11.2. The standard InChI is InChI=1S/C9H9NO3S2/c1-5-3-7(15(11,12)13)4-8-6(2)14-10-9(5)8/h3-4H,1-2H3,(H,11,12,13). The topological polar surface area (TPSA) is 67.3 Å². The van der Waals surface area contributed by atoms with E-state index < -0.39 is 10.1 Å². The lowest BCUT2D eigenvalue weighted by molar-refractivity contribution is 0.483. The molecule has 2 aromatic rings. The Balaban J connectivity index is 2.88. The predicted molar refractivity (Wildman–Crippen MR) is 58.9 cm³/mol. The van der Waals surface area contributed by atoms with Crippen LogP contribution >= 0.6 is 11.5 Å². The van der Waals surface area contributed by atoms with Gasteiger partial charge in [-0.05, 0) is 43.1 Å². The van der Waals surface area contributed by atoms with Gasteiger partial charge in [0, 0.05) is 10.3 Å². The molecule has 0 aliphatic rings. The van der Waals surface area contributed by atoms with Gasteiger partial charge in [-0.2, -0.15) is 12.8 Å². The highest BCUT2D eigenvalue weighted by atomic mass is 32.2. The molecule has 2 rings (SSSR count). The molecular formula is C9H9NO3S2. The Labute approximate surface area is 91.5 Å². The first-order valence-corrected chi connectivity index (χ1v) is 6.45. The van der Waals surface area contributed by atoms with Crippen LogP contribution in [0.4, 0.5) is 0 Å². The summed E-state index contributed by atoms with van der Waals surface area (Å²) in [7, 11) is -4.13. The molecule has 15 heavy (non-hydrogen) atoms. The molecule has 80 valence electrons. The largest absolute Gasteiger partial charge is 0.294 e. The minimum atomic E-state index is -4.13. The van der Waals surface area contributed by atoms with E-state index in [1.165, 1.54) is 23.7 Å². The number of hydrogen-bond donors (Lipinski definition) is 1. The van der Waals surface area contributed by atoms with Crippen molar-refractivity contribution >= 4 is 32.6 Å². The quantitative estimate of drug-likeness (QED) is 0.779. The Kier molecular flexibility index (Phi) is 2.29. The van der Waals surface area contributed by atoms with Gasteiger partial charge in [-0.15, -0.1) is 0 Å². The highest BCUT2D eigenvalue weighted by Gasteiger charge is 2.14. The molecule has 1 heterocycles. The lowest BCUT2D eigenvalue weighted by Gasteiger charge is -2.00. The van der Waals surface area contributed by atoms with Crippen molar-refractivity contribution in [1.29, 1.82) is 0 Å². The Morgan fingerprint density at radius 2 is 2.00 bits per heavy atom. The number of fused-ring (bicyclic) bond motifs is 1. The zero-order valence-corrected chi connectivity index (χ0v) is 9.82. The maximum Gasteiger partial charge on any atom is 0.294 e. The molecule has 1 aromatic carbocycles. The van der Waals surface area contributed by atoms with Crippen LogP contribution in [-0.2, 0) is 10.1 Å². The molecule has 0 bridgehead atoms. The third kappa shape index (κ3) is 1.75. The van der Waals surface area contributed by atoms with E-state index in [-0.39, 0.29) is 4.90 Å². The molecule has 0 atom stereocenters. The number of benzene rings is 1. The van der Waals surface area contributed by atoms with Crippen LogP contribution in [0.3, 0.4) is 0 Å². The molecule has 0 spiro atoms. The number of aromatic nitrogens is 1. The second-order valence-electron chi connectivity index (χ2n) is 3.35. The first kappa shape index (κ1) is 10.5. The third-order valence-corrected chi connectivity index (χ3v) is 3.82. The molecule has 0 saturated carbocycles. The number of hydrogen-bond acceptors (Lipinski definition) is 4. The molecule has 0 radical (unpaired) electrons. The van der Waals surface area contributed by atoms with Crippen LogP contribution in [0, 0.1) is 13.8 Å². The molecule has 4 nitrogen and oxygen atoms in total. The summed E-state index contributed by atoms with van der Waals surface area (Å²) in [5.41, 5.74) is 1.55. The van der Waals surface area contributed by atoms with Crippen LogP contribution in [-0.4, -0.2) is 17.3 Å². The van der Waals surface area contributed by atoms with Crippen molar-refractivity contribution in [3.63, 3.8) is 0 Å². The fraction of sp³-hybridized carbons (Fsp3) is 0.222. The molecule has 0 aliphatic carbocycles. The van der Waals surface area contributed by atoms with Gasteiger partial charge in [-0.25, -0.2) is 0 Å².